The smallest absolute Gasteiger partial charge is 0.257 e. The fourth-order valence-electron chi connectivity index (χ4n) is 8.31. The molecule has 3 saturated heterocycles. The minimum atomic E-state index is -0.137. The van der Waals surface area contributed by atoms with Gasteiger partial charge in [0.25, 0.3) is 5.91 Å². The third-order valence-electron chi connectivity index (χ3n) is 9.35. The highest BCUT2D eigenvalue weighted by atomic mass is 16.5. The molecule has 5 aliphatic heterocycles. The lowest BCUT2D eigenvalue weighted by Gasteiger charge is -2.59. The van der Waals surface area contributed by atoms with Crippen molar-refractivity contribution in [1.82, 2.24) is 4.90 Å². The number of fused-ring (bicyclic) bond motifs is 2. The summed E-state index contributed by atoms with van der Waals surface area (Å²) in [5.41, 5.74) is 6.04. The highest BCUT2D eigenvalue weighted by Gasteiger charge is 2.71. The van der Waals surface area contributed by atoms with Gasteiger partial charge in [-0.25, -0.2) is 0 Å². The van der Waals surface area contributed by atoms with E-state index in [1.54, 1.807) is 5.57 Å². The molecule has 8 rings (SSSR count). The minimum absolute atomic E-state index is 0.0448. The zero-order chi connectivity index (χ0) is 21.0. The standard InChI is InChI=1S/C28H26N2O2/c31-27-20(14-17-6-2-1-3-7-17)25-24-19-15-23-28(11-12-29(23)16-18(19)10-13-32-25)21-8-4-5-9-22(21)30(27)26(24)28/h1-10,14,19,23-26H,11-13,15-16H2/b20-14+/t19-,23-,24+,25-,26-,28-/m1/s1. The summed E-state index contributed by atoms with van der Waals surface area (Å²) >= 11 is 0. The molecule has 0 aromatic heterocycles. The number of hydrogen-bond acceptors (Lipinski definition) is 3. The van der Waals surface area contributed by atoms with Gasteiger partial charge in [0.2, 0.25) is 0 Å². The maximum atomic E-state index is 14.2. The number of benzene rings is 2. The van der Waals surface area contributed by atoms with E-state index in [2.05, 4.69) is 58.4 Å². The van der Waals surface area contributed by atoms with Crippen LogP contribution in [0.25, 0.3) is 6.08 Å². The van der Waals surface area contributed by atoms with Gasteiger partial charge in [-0.1, -0.05) is 60.2 Å². The number of ether oxygens (including phenoxy) is 1. The second-order valence-electron chi connectivity index (χ2n) is 10.4. The van der Waals surface area contributed by atoms with Crippen LogP contribution in [0.4, 0.5) is 5.69 Å². The second-order valence-corrected chi connectivity index (χ2v) is 10.4. The summed E-state index contributed by atoms with van der Waals surface area (Å²) < 4.78 is 6.57. The van der Waals surface area contributed by atoms with Gasteiger partial charge in [-0.15, -0.1) is 0 Å². The van der Waals surface area contributed by atoms with Crippen molar-refractivity contribution in [2.24, 2.45) is 11.8 Å². The predicted molar refractivity (Wildman–Crippen MR) is 123 cm³/mol. The van der Waals surface area contributed by atoms with Gasteiger partial charge >= 0.3 is 0 Å². The number of carbonyl (C=O) groups excluding carboxylic acids is 1. The highest BCUT2D eigenvalue weighted by molar-refractivity contribution is 6.12. The first-order valence-corrected chi connectivity index (χ1v) is 12.0. The number of piperidine rings is 2. The van der Waals surface area contributed by atoms with E-state index >= 15 is 0 Å². The number of rotatable bonds is 1. The molecule has 160 valence electrons. The molecule has 4 nitrogen and oxygen atoms in total. The number of carbonyl (C=O) groups is 1. The number of nitrogens with zero attached hydrogens (tertiary/aromatic N) is 2. The normalized spacial score (nSPS) is 39.7. The van der Waals surface area contributed by atoms with Gasteiger partial charge in [0, 0.05) is 35.2 Å². The highest BCUT2D eigenvalue weighted by Crippen LogP contribution is 2.66. The summed E-state index contributed by atoms with van der Waals surface area (Å²) in [6.07, 6.45) is 6.63. The Labute approximate surface area is 188 Å². The lowest BCUT2D eigenvalue weighted by Crippen LogP contribution is -2.69. The van der Waals surface area contributed by atoms with E-state index in [1.807, 2.05) is 18.2 Å². The van der Waals surface area contributed by atoms with Crippen LogP contribution in [-0.4, -0.2) is 48.7 Å². The number of hydrogen-bond donors (Lipinski definition) is 0. The fourth-order valence-corrected chi connectivity index (χ4v) is 8.31. The van der Waals surface area contributed by atoms with Crippen molar-refractivity contribution in [2.75, 3.05) is 24.6 Å². The number of para-hydroxylation sites is 1. The van der Waals surface area contributed by atoms with Crippen molar-refractivity contribution >= 4 is 17.7 Å². The van der Waals surface area contributed by atoms with Crippen molar-refractivity contribution < 1.29 is 9.53 Å². The topological polar surface area (TPSA) is 32.8 Å². The van der Waals surface area contributed by atoms with E-state index in [0.29, 0.717) is 24.5 Å². The molecule has 0 N–H and O–H groups in total. The monoisotopic (exact) mass is 422 g/mol. The summed E-state index contributed by atoms with van der Waals surface area (Å²) in [6, 6.07) is 19.7. The molecule has 2 aromatic carbocycles. The Morgan fingerprint density at radius 3 is 2.81 bits per heavy atom. The number of amides is 1. The minimum Gasteiger partial charge on any atom is -0.369 e. The molecular formula is C28H26N2O2. The summed E-state index contributed by atoms with van der Waals surface area (Å²) in [4.78, 5) is 19.1. The Morgan fingerprint density at radius 2 is 1.91 bits per heavy atom. The van der Waals surface area contributed by atoms with Crippen molar-refractivity contribution in [2.45, 2.75) is 36.4 Å². The molecule has 1 saturated carbocycles. The summed E-state index contributed by atoms with van der Waals surface area (Å²) in [6.45, 7) is 2.81. The fraction of sp³-hybridized carbons (Fsp3) is 0.393. The van der Waals surface area contributed by atoms with Crippen molar-refractivity contribution in [1.29, 1.82) is 0 Å². The molecule has 32 heavy (non-hydrogen) atoms. The molecule has 2 aromatic rings. The van der Waals surface area contributed by atoms with Gasteiger partial charge in [-0.2, -0.15) is 0 Å². The first kappa shape index (κ1) is 17.8. The molecule has 1 amide bonds. The van der Waals surface area contributed by atoms with Crippen molar-refractivity contribution in [3.8, 4) is 0 Å². The Bertz CT molecular complexity index is 1220. The van der Waals surface area contributed by atoms with Crippen LogP contribution in [0.3, 0.4) is 0 Å². The van der Waals surface area contributed by atoms with E-state index < -0.39 is 0 Å². The lowest BCUT2D eigenvalue weighted by atomic mass is 9.53. The molecule has 0 unspecified atom stereocenters. The van der Waals surface area contributed by atoms with Crippen LogP contribution >= 0.6 is 0 Å². The van der Waals surface area contributed by atoms with E-state index in [9.17, 15) is 4.79 Å². The molecule has 4 heteroatoms. The molecule has 1 spiro atoms. The maximum Gasteiger partial charge on any atom is 0.257 e. The Hall–Kier alpha value is -2.69. The molecule has 5 heterocycles. The summed E-state index contributed by atoms with van der Waals surface area (Å²) in [5, 5.41) is 0. The van der Waals surface area contributed by atoms with E-state index in [0.717, 1.165) is 36.3 Å². The quantitative estimate of drug-likeness (QED) is 0.518. The molecule has 0 radical (unpaired) electrons. The van der Waals surface area contributed by atoms with Crippen LogP contribution < -0.4 is 4.90 Å². The van der Waals surface area contributed by atoms with Crippen LogP contribution in [0.15, 0.2) is 71.8 Å². The van der Waals surface area contributed by atoms with E-state index in [-0.39, 0.29) is 23.5 Å². The van der Waals surface area contributed by atoms with Gasteiger partial charge in [0.15, 0.2) is 0 Å². The Kier molecular flexibility index (Phi) is 3.34. The number of anilines is 1. The van der Waals surface area contributed by atoms with Gasteiger partial charge in [-0.05, 0) is 48.6 Å². The molecular weight excluding hydrogens is 396 g/mol. The van der Waals surface area contributed by atoms with Gasteiger partial charge in [0.1, 0.15) is 0 Å². The molecule has 1 aliphatic carbocycles. The third kappa shape index (κ3) is 1.96. The SMILES string of the molecule is O=C1/C(=C/c2ccccc2)[C@H]2OCC=C3CN4CC[C@]56c7ccccc7N1[C@@H]5[C@H]2[C@@H]3C[C@@H]46. The molecule has 4 fully saturated rings. The first-order chi connectivity index (χ1) is 15.8. The average molecular weight is 423 g/mol. The maximum absolute atomic E-state index is 14.2. The van der Waals surface area contributed by atoms with Gasteiger partial charge in [-0.3, -0.25) is 9.69 Å². The predicted octanol–water partition coefficient (Wildman–Crippen LogP) is 3.79. The van der Waals surface area contributed by atoms with Gasteiger partial charge in [0.05, 0.1) is 18.8 Å². The Balaban J connectivity index is 1.40. The van der Waals surface area contributed by atoms with Gasteiger partial charge < -0.3 is 9.64 Å². The molecule has 6 atom stereocenters. The Morgan fingerprint density at radius 1 is 1.06 bits per heavy atom. The molecule has 6 aliphatic rings. The zero-order valence-corrected chi connectivity index (χ0v) is 18.0. The molecule has 2 bridgehead atoms. The second kappa shape index (κ2) is 6.00. The third-order valence-corrected chi connectivity index (χ3v) is 9.35. The first-order valence-electron chi connectivity index (χ1n) is 12.0. The average Bonchev–Trinajstić information content (AvgIpc) is 3.29. The van der Waals surface area contributed by atoms with Crippen molar-refractivity contribution in [3.63, 3.8) is 0 Å². The lowest BCUT2D eigenvalue weighted by molar-refractivity contribution is -0.123. The van der Waals surface area contributed by atoms with Crippen LogP contribution in [0, 0.1) is 11.8 Å². The van der Waals surface area contributed by atoms with E-state index in [1.165, 1.54) is 12.0 Å². The largest absolute Gasteiger partial charge is 0.369 e. The van der Waals surface area contributed by atoms with Crippen LogP contribution in [0.1, 0.15) is 24.0 Å². The van der Waals surface area contributed by atoms with Crippen LogP contribution in [0.2, 0.25) is 0 Å². The van der Waals surface area contributed by atoms with E-state index in [4.69, 9.17) is 4.74 Å². The van der Waals surface area contributed by atoms with Crippen molar-refractivity contribution in [3.05, 3.63) is 82.9 Å². The van der Waals surface area contributed by atoms with Crippen LogP contribution in [-0.2, 0) is 14.9 Å². The summed E-state index contributed by atoms with van der Waals surface area (Å²) in [5.74, 6) is 0.968. The zero-order valence-electron chi connectivity index (χ0n) is 18.0. The van der Waals surface area contributed by atoms with Crippen LogP contribution in [0.5, 0.6) is 0 Å². The summed E-state index contributed by atoms with van der Waals surface area (Å²) in [7, 11) is 0.